The lowest BCUT2D eigenvalue weighted by Crippen LogP contribution is -2.15. The number of pyridine rings is 1. The fourth-order valence-electron chi connectivity index (χ4n) is 2.80. The van der Waals surface area contributed by atoms with E-state index in [0.717, 1.165) is 22.5 Å². The molecule has 2 rings (SSSR count). The molecular formula is C19H25NO2. The molecule has 1 heterocycles. The first-order valence-electron chi connectivity index (χ1n) is 7.64. The molecule has 0 saturated carbocycles. The minimum absolute atomic E-state index is 0.1000. The summed E-state index contributed by atoms with van der Waals surface area (Å²) >= 11 is 0. The van der Waals surface area contributed by atoms with Crippen molar-refractivity contribution in [1.29, 1.82) is 0 Å². The molecule has 22 heavy (non-hydrogen) atoms. The zero-order valence-electron chi connectivity index (χ0n) is 14.2. The average Bonchev–Trinajstić information content (AvgIpc) is 2.35. The Morgan fingerprint density at radius 3 is 2.23 bits per heavy atom. The third kappa shape index (κ3) is 3.14. The van der Waals surface area contributed by atoms with Crippen molar-refractivity contribution in [3.8, 4) is 11.3 Å². The molecule has 0 saturated heterocycles. The molecule has 118 valence electrons. The van der Waals surface area contributed by atoms with Crippen molar-refractivity contribution in [3.63, 3.8) is 0 Å². The Morgan fingerprint density at radius 1 is 1.14 bits per heavy atom. The van der Waals surface area contributed by atoms with Crippen molar-refractivity contribution in [1.82, 2.24) is 4.98 Å². The highest BCUT2D eigenvalue weighted by Crippen LogP contribution is 2.28. The van der Waals surface area contributed by atoms with Crippen LogP contribution in [0, 0.1) is 13.8 Å². The Kier molecular flexibility index (Phi) is 4.30. The summed E-state index contributed by atoms with van der Waals surface area (Å²) in [5, 5.41) is 9.71. The number of rotatable bonds is 2. The molecule has 3 heteroatoms. The number of aromatic amines is 1. The summed E-state index contributed by atoms with van der Waals surface area (Å²) in [7, 11) is 0. The highest BCUT2D eigenvalue weighted by Gasteiger charge is 2.16. The van der Waals surface area contributed by atoms with E-state index in [1.54, 1.807) is 13.0 Å². The lowest BCUT2D eigenvalue weighted by atomic mass is 9.85. The first-order chi connectivity index (χ1) is 10.1. The maximum absolute atomic E-state index is 12.2. The largest absolute Gasteiger partial charge is 0.388 e. The third-order valence-corrected chi connectivity index (χ3v) is 4.07. The molecular weight excluding hydrogens is 274 g/mol. The molecule has 1 atom stereocenters. The first-order valence-corrected chi connectivity index (χ1v) is 7.64. The Morgan fingerprint density at radius 2 is 1.77 bits per heavy atom. The Balaban J connectivity index is 2.56. The lowest BCUT2D eigenvalue weighted by molar-refractivity contribution is 0.197. The molecule has 0 aliphatic rings. The molecule has 0 bridgehead atoms. The maximum atomic E-state index is 12.2. The zero-order valence-corrected chi connectivity index (χ0v) is 14.2. The highest BCUT2D eigenvalue weighted by atomic mass is 16.3. The van der Waals surface area contributed by atoms with Gasteiger partial charge in [-0.05, 0) is 37.3 Å². The van der Waals surface area contributed by atoms with Gasteiger partial charge in [0.25, 0.3) is 0 Å². The molecule has 1 aromatic heterocycles. The van der Waals surface area contributed by atoms with Gasteiger partial charge in [0.15, 0.2) is 5.43 Å². The Hall–Kier alpha value is -1.87. The molecule has 0 spiro atoms. The van der Waals surface area contributed by atoms with E-state index >= 15 is 0 Å². The molecule has 2 N–H and O–H groups in total. The van der Waals surface area contributed by atoms with Crippen molar-refractivity contribution in [2.24, 2.45) is 0 Å². The molecule has 1 aromatic carbocycles. The number of aromatic nitrogens is 1. The zero-order chi connectivity index (χ0) is 16.7. The number of hydrogen-bond acceptors (Lipinski definition) is 2. The van der Waals surface area contributed by atoms with Gasteiger partial charge in [-0.3, -0.25) is 4.79 Å². The van der Waals surface area contributed by atoms with E-state index < -0.39 is 6.10 Å². The van der Waals surface area contributed by atoms with Crippen LogP contribution in [0.5, 0.6) is 0 Å². The Labute approximate surface area is 132 Å². The second kappa shape index (κ2) is 5.73. The summed E-state index contributed by atoms with van der Waals surface area (Å²) in [6.45, 7) is 12.0. The number of nitrogens with one attached hydrogen (secondary N) is 1. The van der Waals surface area contributed by atoms with Crippen molar-refractivity contribution in [2.75, 3.05) is 0 Å². The van der Waals surface area contributed by atoms with Crippen LogP contribution in [0.4, 0.5) is 0 Å². The normalized spacial score (nSPS) is 13.2. The second-order valence-corrected chi connectivity index (χ2v) is 7.04. The van der Waals surface area contributed by atoms with E-state index in [0.29, 0.717) is 5.56 Å². The van der Waals surface area contributed by atoms with E-state index in [-0.39, 0.29) is 10.8 Å². The van der Waals surface area contributed by atoms with Crippen molar-refractivity contribution < 1.29 is 5.11 Å². The van der Waals surface area contributed by atoms with Crippen LogP contribution in [0.1, 0.15) is 56.2 Å². The van der Waals surface area contributed by atoms with Crippen molar-refractivity contribution in [2.45, 2.75) is 53.1 Å². The highest BCUT2D eigenvalue weighted by molar-refractivity contribution is 5.64. The van der Waals surface area contributed by atoms with Gasteiger partial charge in [-0.15, -0.1) is 0 Å². The molecule has 0 amide bonds. The first kappa shape index (κ1) is 16.5. The molecule has 0 fully saturated rings. The van der Waals surface area contributed by atoms with Crippen LogP contribution in [0.3, 0.4) is 0 Å². The van der Waals surface area contributed by atoms with Crippen LogP contribution in [0.25, 0.3) is 11.3 Å². The molecule has 0 aliphatic heterocycles. The topological polar surface area (TPSA) is 53.1 Å². The number of hydrogen-bond donors (Lipinski definition) is 2. The standard InChI is InChI=1S/C19H25NO2/c1-11-9-14(19(4,5)6)7-8-15(11)16-10-17(22)18(13(3)21)12(2)20-16/h7-10,13,21H,1-6H3,(H,20,22)/t13-/m0/s1. The molecule has 2 aromatic rings. The smallest absolute Gasteiger partial charge is 0.188 e. The van der Waals surface area contributed by atoms with Crippen LogP contribution in [0.2, 0.25) is 0 Å². The predicted octanol–water partition coefficient (Wildman–Crippen LogP) is 4.01. The van der Waals surface area contributed by atoms with E-state index in [9.17, 15) is 9.90 Å². The molecule has 0 unspecified atom stereocenters. The maximum Gasteiger partial charge on any atom is 0.188 e. The third-order valence-electron chi connectivity index (χ3n) is 4.07. The van der Waals surface area contributed by atoms with Crippen LogP contribution >= 0.6 is 0 Å². The summed E-state index contributed by atoms with van der Waals surface area (Å²) in [6.07, 6.45) is -0.762. The Bertz CT molecular complexity index is 749. The minimum atomic E-state index is -0.762. The number of aryl methyl sites for hydroxylation is 2. The van der Waals surface area contributed by atoms with E-state index in [2.05, 4.69) is 50.9 Å². The average molecular weight is 299 g/mol. The molecule has 0 aliphatic carbocycles. The van der Waals surface area contributed by atoms with Crippen LogP contribution in [0.15, 0.2) is 29.1 Å². The van der Waals surface area contributed by atoms with Crippen LogP contribution < -0.4 is 5.43 Å². The molecule has 0 radical (unpaired) electrons. The number of aliphatic hydroxyl groups excluding tert-OH is 1. The van der Waals surface area contributed by atoms with E-state index in [4.69, 9.17) is 0 Å². The van der Waals surface area contributed by atoms with Gasteiger partial charge in [0, 0.05) is 28.6 Å². The number of aliphatic hydroxyl groups is 1. The summed E-state index contributed by atoms with van der Waals surface area (Å²) in [6, 6.07) is 7.92. The van der Waals surface area contributed by atoms with Gasteiger partial charge in [-0.25, -0.2) is 0 Å². The van der Waals surface area contributed by atoms with Gasteiger partial charge in [0.05, 0.1) is 6.10 Å². The minimum Gasteiger partial charge on any atom is -0.388 e. The fraction of sp³-hybridized carbons (Fsp3) is 0.421. The number of benzene rings is 1. The van der Waals surface area contributed by atoms with Crippen molar-refractivity contribution >= 4 is 0 Å². The summed E-state index contributed by atoms with van der Waals surface area (Å²) in [5.74, 6) is 0. The van der Waals surface area contributed by atoms with Gasteiger partial charge in [0.2, 0.25) is 0 Å². The van der Waals surface area contributed by atoms with Crippen molar-refractivity contribution in [3.05, 3.63) is 56.9 Å². The van der Waals surface area contributed by atoms with Gasteiger partial charge < -0.3 is 10.1 Å². The lowest BCUT2D eigenvalue weighted by Gasteiger charge is -2.21. The summed E-state index contributed by atoms with van der Waals surface area (Å²) < 4.78 is 0. The second-order valence-electron chi connectivity index (χ2n) is 7.04. The number of H-pyrrole nitrogens is 1. The quantitative estimate of drug-likeness (QED) is 0.880. The summed E-state index contributed by atoms with van der Waals surface area (Å²) in [5.41, 5.74) is 5.35. The van der Waals surface area contributed by atoms with Gasteiger partial charge >= 0.3 is 0 Å². The predicted molar refractivity (Wildman–Crippen MR) is 91.3 cm³/mol. The van der Waals surface area contributed by atoms with Crippen LogP contribution in [-0.4, -0.2) is 10.1 Å². The van der Waals surface area contributed by atoms with E-state index in [1.807, 2.05) is 6.92 Å². The van der Waals surface area contributed by atoms with Gasteiger partial charge in [-0.2, -0.15) is 0 Å². The fourth-order valence-corrected chi connectivity index (χ4v) is 2.80. The van der Waals surface area contributed by atoms with Crippen LogP contribution in [-0.2, 0) is 5.41 Å². The van der Waals surface area contributed by atoms with E-state index in [1.165, 1.54) is 5.56 Å². The van der Waals surface area contributed by atoms with Gasteiger partial charge in [-0.1, -0.05) is 39.0 Å². The SMILES string of the molecule is Cc1cc(C(C)(C)C)ccc1-c1cc(=O)c([C@H](C)O)c(C)[nH]1. The van der Waals surface area contributed by atoms with Gasteiger partial charge in [0.1, 0.15) is 0 Å². The monoisotopic (exact) mass is 299 g/mol. The molecule has 3 nitrogen and oxygen atoms in total. The summed E-state index contributed by atoms with van der Waals surface area (Å²) in [4.78, 5) is 15.5.